The van der Waals surface area contributed by atoms with Gasteiger partial charge in [0, 0.05) is 33.4 Å². The van der Waals surface area contributed by atoms with Crippen molar-refractivity contribution in [1.29, 1.82) is 0 Å². The summed E-state index contributed by atoms with van der Waals surface area (Å²) in [6.07, 6.45) is 25.7. The highest BCUT2D eigenvalue weighted by Crippen LogP contribution is 2.37. The Bertz CT molecular complexity index is 1770. The monoisotopic (exact) mass is 809 g/mol. The number of benzene rings is 3. The Balaban J connectivity index is 2.11. The van der Waals surface area contributed by atoms with Gasteiger partial charge in [0.1, 0.15) is 34.5 Å². The molecule has 0 aliphatic carbocycles. The Morgan fingerprint density at radius 1 is 0.407 bits per heavy atom. The number of hydrogen-bond donors (Lipinski definition) is 0. The Labute approximate surface area is 358 Å². The number of unbranched alkanes of at least 4 members (excludes halogenated alkanes) is 3. The van der Waals surface area contributed by atoms with E-state index < -0.39 is 0 Å². The van der Waals surface area contributed by atoms with Crippen molar-refractivity contribution in [3.05, 3.63) is 82.9 Å². The Hall–Kier alpha value is -4.58. The second kappa shape index (κ2) is 27.2. The maximum atomic E-state index is 6.73. The SMILES string of the molecule is C=Cc1cc(OCC(CC)CCCC)c(/C=C/c2cc(OCC(CC)CCCC)c(/C=C/c3cc(OCC(CC)CCCC)c(C=C)cc3OC)cc2OC)cc1OC. The molecule has 3 rings (SSSR count). The average Bonchev–Trinajstić information content (AvgIpc) is 3.27. The Morgan fingerprint density at radius 2 is 0.661 bits per heavy atom. The minimum Gasteiger partial charge on any atom is -0.496 e. The van der Waals surface area contributed by atoms with E-state index in [-0.39, 0.29) is 0 Å². The van der Waals surface area contributed by atoms with Crippen molar-refractivity contribution in [2.45, 2.75) is 119 Å². The zero-order valence-electron chi connectivity index (χ0n) is 38.1. The molecule has 0 spiro atoms. The maximum absolute atomic E-state index is 6.73. The minimum absolute atomic E-state index is 0.461. The molecule has 3 aromatic rings. The third-order valence-corrected chi connectivity index (χ3v) is 11.5. The van der Waals surface area contributed by atoms with Crippen LogP contribution < -0.4 is 28.4 Å². The van der Waals surface area contributed by atoms with Crippen molar-refractivity contribution in [3.63, 3.8) is 0 Å². The van der Waals surface area contributed by atoms with Crippen molar-refractivity contribution in [2.24, 2.45) is 17.8 Å². The summed E-state index contributed by atoms with van der Waals surface area (Å²) in [5.41, 5.74) is 5.43. The van der Waals surface area contributed by atoms with E-state index in [0.29, 0.717) is 37.6 Å². The quantitative estimate of drug-likeness (QED) is 0.0625. The van der Waals surface area contributed by atoms with E-state index >= 15 is 0 Å². The maximum Gasteiger partial charge on any atom is 0.127 e. The van der Waals surface area contributed by atoms with E-state index in [1.54, 1.807) is 21.3 Å². The molecular formula is C53H76O6. The fourth-order valence-corrected chi connectivity index (χ4v) is 7.20. The summed E-state index contributed by atoms with van der Waals surface area (Å²) in [7, 11) is 5.09. The topological polar surface area (TPSA) is 55.4 Å². The van der Waals surface area contributed by atoms with Crippen LogP contribution in [0, 0.1) is 17.8 Å². The van der Waals surface area contributed by atoms with Crippen molar-refractivity contribution in [2.75, 3.05) is 41.2 Å². The van der Waals surface area contributed by atoms with Gasteiger partial charge in [-0.05, 0) is 73.4 Å². The van der Waals surface area contributed by atoms with Gasteiger partial charge in [0.05, 0.1) is 41.2 Å². The van der Waals surface area contributed by atoms with Crippen LogP contribution in [0.4, 0.5) is 0 Å². The Morgan fingerprint density at radius 3 is 0.966 bits per heavy atom. The van der Waals surface area contributed by atoms with Crippen LogP contribution in [0.25, 0.3) is 36.5 Å². The van der Waals surface area contributed by atoms with E-state index in [1.165, 1.54) is 38.5 Å². The third-order valence-electron chi connectivity index (χ3n) is 11.5. The summed E-state index contributed by atoms with van der Waals surface area (Å²) in [4.78, 5) is 0. The zero-order chi connectivity index (χ0) is 43.0. The first-order valence-electron chi connectivity index (χ1n) is 22.4. The normalized spacial score (nSPS) is 13.0. The molecule has 3 atom stereocenters. The molecule has 0 aromatic heterocycles. The van der Waals surface area contributed by atoms with Gasteiger partial charge in [0.2, 0.25) is 0 Å². The number of ether oxygens (including phenoxy) is 6. The fourth-order valence-electron chi connectivity index (χ4n) is 7.20. The highest BCUT2D eigenvalue weighted by atomic mass is 16.5. The molecule has 6 nitrogen and oxygen atoms in total. The molecule has 3 aromatic carbocycles. The molecule has 0 aliphatic heterocycles. The van der Waals surface area contributed by atoms with Gasteiger partial charge in [-0.3, -0.25) is 0 Å². The van der Waals surface area contributed by atoms with Gasteiger partial charge in [-0.1, -0.05) is 149 Å². The highest BCUT2D eigenvalue weighted by molar-refractivity contribution is 5.82. The number of methoxy groups -OCH3 is 3. The molecule has 0 bridgehead atoms. The van der Waals surface area contributed by atoms with Gasteiger partial charge in [-0.15, -0.1) is 0 Å². The molecule has 3 unspecified atom stereocenters. The van der Waals surface area contributed by atoms with Gasteiger partial charge in [-0.2, -0.15) is 0 Å². The largest absolute Gasteiger partial charge is 0.496 e. The average molecular weight is 809 g/mol. The molecule has 324 valence electrons. The van der Waals surface area contributed by atoms with Gasteiger partial charge in [-0.25, -0.2) is 0 Å². The van der Waals surface area contributed by atoms with Crippen LogP contribution >= 0.6 is 0 Å². The van der Waals surface area contributed by atoms with Gasteiger partial charge in [0.15, 0.2) is 0 Å². The second-order valence-corrected chi connectivity index (χ2v) is 15.7. The zero-order valence-corrected chi connectivity index (χ0v) is 38.1. The number of rotatable bonds is 30. The lowest BCUT2D eigenvalue weighted by molar-refractivity contribution is 0.232. The first kappa shape index (κ1) is 48.8. The van der Waals surface area contributed by atoms with Crippen molar-refractivity contribution >= 4 is 36.5 Å². The van der Waals surface area contributed by atoms with E-state index in [0.717, 1.165) is 106 Å². The molecule has 0 fully saturated rings. The van der Waals surface area contributed by atoms with Crippen molar-refractivity contribution in [1.82, 2.24) is 0 Å². The lowest BCUT2D eigenvalue weighted by Crippen LogP contribution is -2.12. The van der Waals surface area contributed by atoms with Crippen molar-refractivity contribution < 1.29 is 28.4 Å². The standard InChI is InChI=1S/C53H76O6/c1-12-20-23-39(15-4)36-57-51-34-44(49(55-10)30-43(51)19-8)26-29-47-33-50(56-11)45(35-53(47)59-38-41(17-6)25-22-14-3)27-28-46-32-48(54-9)42(18-7)31-52(46)58-37-40(16-5)24-21-13-2/h18-19,26-35,39-41H,7-8,12-17,20-25,36-38H2,1-6,9-11H3/b28-27+,29-26+. The predicted octanol–water partition coefficient (Wildman–Crippen LogP) is 15.1. The van der Waals surface area contributed by atoms with E-state index in [4.69, 9.17) is 28.4 Å². The molecule has 0 heterocycles. The number of hydrogen-bond acceptors (Lipinski definition) is 6. The van der Waals surface area contributed by atoms with Crippen LogP contribution in [0.1, 0.15) is 152 Å². The fraction of sp³-hybridized carbons (Fsp3) is 0.509. The van der Waals surface area contributed by atoms with Crippen LogP contribution in [-0.4, -0.2) is 41.2 Å². The molecule has 0 amide bonds. The summed E-state index contributed by atoms with van der Waals surface area (Å²) in [5, 5.41) is 0. The van der Waals surface area contributed by atoms with Gasteiger partial charge in [0.25, 0.3) is 0 Å². The van der Waals surface area contributed by atoms with Crippen LogP contribution in [-0.2, 0) is 0 Å². The van der Waals surface area contributed by atoms with E-state index in [1.807, 2.05) is 30.4 Å². The van der Waals surface area contributed by atoms with Crippen LogP contribution in [0.3, 0.4) is 0 Å². The minimum atomic E-state index is 0.461. The molecule has 0 saturated carbocycles. The molecule has 59 heavy (non-hydrogen) atoms. The third kappa shape index (κ3) is 15.2. The highest BCUT2D eigenvalue weighted by Gasteiger charge is 2.17. The summed E-state index contributed by atoms with van der Waals surface area (Å²) in [5.74, 6) is 6.07. The molecule has 0 saturated heterocycles. The molecule has 0 N–H and O–H groups in total. The van der Waals surface area contributed by atoms with Crippen molar-refractivity contribution in [3.8, 4) is 34.5 Å². The smallest absolute Gasteiger partial charge is 0.127 e. The first-order valence-corrected chi connectivity index (χ1v) is 22.4. The molecular weight excluding hydrogens is 733 g/mol. The molecule has 6 heteroatoms. The first-order chi connectivity index (χ1) is 28.8. The molecule has 0 aliphatic rings. The van der Waals surface area contributed by atoms with Crippen LogP contribution in [0.5, 0.6) is 34.5 Å². The summed E-state index contributed by atoms with van der Waals surface area (Å²) in [6, 6.07) is 12.3. The van der Waals surface area contributed by atoms with Crippen LogP contribution in [0.2, 0.25) is 0 Å². The van der Waals surface area contributed by atoms with E-state index in [9.17, 15) is 0 Å². The second-order valence-electron chi connectivity index (χ2n) is 15.7. The predicted molar refractivity (Wildman–Crippen MR) is 253 cm³/mol. The van der Waals surface area contributed by atoms with Crippen LogP contribution in [0.15, 0.2) is 49.6 Å². The summed E-state index contributed by atoms with van der Waals surface area (Å²) in [6.45, 7) is 23.5. The molecule has 0 radical (unpaired) electrons. The lowest BCUT2D eigenvalue weighted by atomic mass is 10.00. The van der Waals surface area contributed by atoms with Gasteiger partial charge >= 0.3 is 0 Å². The lowest BCUT2D eigenvalue weighted by Gasteiger charge is -2.19. The van der Waals surface area contributed by atoms with Gasteiger partial charge < -0.3 is 28.4 Å². The van der Waals surface area contributed by atoms with E-state index in [2.05, 4.69) is 97.2 Å². The summed E-state index contributed by atoms with van der Waals surface area (Å²) < 4.78 is 37.4. The Kier molecular flexibility index (Phi) is 22.5. The summed E-state index contributed by atoms with van der Waals surface area (Å²) >= 11 is 0.